The Bertz CT molecular complexity index is 450. The molecule has 4 heteroatoms. The third kappa shape index (κ3) is 1.99. The van der Waals surface area contributed by atoms with Crippen LogP contribution in [0.4, 0.5) is 0 Å². The number of pyridine rings is 1. The Morgan fingerprint density at radius 3 is 2.53 bits per heavy atom. The molecule has 2 N–H and O–H groups in total. The zero-order valence-corrected chi connectivity index (χ0v) is 8.51. The maximum absolute atomic E-state index is 5.48. The maximum Gasteiger partial charge on any atom is 0.159 e. The lowest BCUT2D eigenvalue weighted by molar-refractivity contribution is 1.01. The van der Waals surface area contributed by atoms with E-state index in [1.807, 2.05) is 13.0 Å². The summed E-state index contributed by atoms with van der Waals surface area (Å²) >= 11 is 0. The van der Waals surface area contributed by atoms with Crippen molar-refractivity contribution >= 4 is 0 Å². The summed E-state index contributed by atoms with van der Waals surface area (Å²) in [6.07, 6.45) is 7.04. The van der Waals surface area contributed by atoms with Gasteiger partial charge in [-0.2, -0.15) is 0 Å². The van der Waals surface area contributed by atoms with E-state index in [1.54, 1.807) is 24.8 Å². The van der Waals surface area contributed by atoms with Crippen LogP contribution in [0.25, 0.3) is 11.4 Å². The second kappa shape index (κ2) is 4.14. The normalized spacial score (nSPS) is 10.3. The van der Waals surface area contributed by atoms with Crippen LogP contribution in [0, 0.1) is 6.92 Å². The van der Waals surface area contributed by atoms with Crippen LogP contribution in [-0.4, -0.2) is 15.0 Å². The maximum atomic E-state index is 5.48. The summed E-state index contributed by atoms with van der Waals surface area (Å²) in [6, 6.07) is 1.91. The smallest absolute Gasteiger partial charge is 0.159 e. The number of hydrogen-bond acceptors (Lipinski definition) is 4. The van der Waals surface area contributed by atoms with Gasteiger partial charge in [0.1, 0.15) is 0 Å². The summed E-state index contributed by atoms with van der Waals surface area (Å²) in [5.74, 6) is 0.715. The van der Waals surface area contributed by atoms with Gasteiger partial charge in [0, 0.05) is 42.5 Å². The number of rotatable bonds is 2. The molecule has 0 aliphatic heterocycles. The number of hydrogen-bond donors (Lipinski definition) is 1. The van der Waals surface area contributed by atoms with E-state index in [1.165, 1.54) is 0 Å². The minimum Gasteiger partial charge on any atom is -0.326 e. The topological polar surface area (TPSA) is 64.7 Å². The van der Waals surface area contributed by atoms with Crippen molar-refractivity contribution in [1.29, 1.82) is 0 Å². The highest BCUT2D eigenvalue weighted by molar-refractivity contribution is 5.58. The van der Waals surface area contributed by atoms with E-state index in [0.29, 0.717) is 12.4 Å². The predicted octanol–water partition coefficient (Wildman–Crippen LogP) is 1.31. The fraction of sp³-hybridized carbons (Fsp3) is 0.182. The third-order valence-corrected chi connectivity index (χ3v) is 2.20. The molecule has 15 heavy (non-hydrogen) atoms. The molecule has 0 atom stereocenters. The zero-order chi connectivity index (χ0) is 10.7. The van der Waals surface area contributed by atoms with Gasteiger partial charge >= 0.3 is 0 Å². The van der Waals surface area contributed by atoms with Crippen molar-refractivity contribution in [2.75, 3.05) is 0 Å². The summed E-state index contributed by atoms with van der Waals surface area (Å²) in [7, 11) is 0. The summed E-state index contributed by atoms with van der Waals surface area (Å²) < 4.78 is 0. The summed E-state index contributed by atoms with van der Waals surface area (Å²) in [6.45, 7) is 2.46. The molecule has 0 unspecified atom stereocenters. The standard InChI is InChI=1S/C11H12N4/c1-8-5-13-3-2-10(8)11-14-6-9(4-12)7-15-11/h2-3,5-7H,4,12H2,1H3. The lowest BCUT2D eigenvalue weighted by atomic mass is 10.1. The van der Waals surface area contributed by atoms with Crippen LogP contribution in [-0.2, 0) is 6.54 Å². The van der Waals surface area contributed by atoms with Crippen molar-refractivity contribution in [3.05, 3.63) is 42.0 Å². The van der Waals surface area contributed by atoms with E-state index in [4.69, 9.17) is 5.73 Å². The van der Waals surface area contributed by atoms with E-state index in [2.05, 4.69) is 15.0 Å². The van der Waals surface area contributed by atoms with Crippen LogP contribution < -0.4 is 5.73 Å². The number of aryl methyl sites for hydroxylation is 1. The molecule has 0 radical (unpaired) electrons. The van der Waals surface area contributed by atoms with Gasteiger partial charge in [-0.05, 0) is 18.6 Å². The van der Waals surface area contributed by atoms with E-state index in [-0.39, 0.29) is 0 Å². The monoisotopic (exact) mass is 200 g/mol. The highest BCUT2D eigenvalue weighted by atomic mass is 14.9. The van der Waals surface area contributed by atoms with Crippen LogP contribution in [0.15, 0.2) is 30.9 Å². The van der Waals surface area contributed by atoms with E-state index in [9.17, 15) is 0 Å². The van der Waals surface area contributed by atoms with Crippen molar-refractivity contribution in [3.63, 3.8) is 0 Å². The molecule has 0 aliphatic rings. The zero-order valence-electron chi connectivity index (χ0n) is 8.51. The van der Waals surface area contributed by atoms with Crippen LogP contribution >= 0.6 is 0 Å². The molecule has 2 rings (SSSR count). The van der Waals surface area contributed by atoms with Gasteiger partial charge < -0.3 is 5.73 Å². The molecular formula is C11H12N4. The molecule has 0 saturated carbocycles. The predicted molar refractivity (Wildman–Crippen MR) is 57.9 cm³/mol. The third-order valence-electron chi connectivity index (χ3n) is 2.20. The molecule has 4 nitrogen and oxygen atoms in total. The first kappa shape index (κ1) is 9.73. The van der Waals surface area contributed by atoms with Crippen LogP contribution in [0.2, 0.25) is 0 Å². The number of aromatic nitrogens is 3. The Balaban J connectivity index is 2.42. The van der Waals surface area contributed by atoms with E-state index < -0.39 is 0 Å². The summed E-state index contributed by atoms with van der Waals surface area (Å²) in [5, 5.41) is 0. The molecule has 2 heterocycles. The van der Waals surface area contributed by atoms with Crippen molar-refractivity contribution in [1.82, 2.24) is 15.0 Å². The Kier molecular flexibility index (Phi) is 2.69. The van der Waals surface area contributed by atoms with E-state index >= 15 is 0 Å². The second-order valence-corrected chi connectivity index (χ2v) is 3.31. The molecule has 0 amide bonds. The van der Waals surface area contributed by atoms with Crippen LogP contribution in [0.3, 0.4) is 0 Å². The Labute approximate surface area is 88.2 Å². The minimum absolute atomic E-state index is 0.468. The van der Waals surface area contributed by atoms with Crippen molar-refractivity contribution in [2.24, 2.45) is 5.73 Å². The molecule has 0 saturated heterocycles. The average Bonchev–Trinajstić information content (AvgIpc) is 2.30. The van der Waals surface area contributed by atoms with Gasteiger partial charge in [0.2, 0.25) is 0 Å². The quantitative estimate of drug-likeness (QED) is 0.793. The first-order valence-corrected chi connectivity index (χ1v) is 4.73. The molecule has 0 aliphatic carbocycles. The van der Waals surface area contributed by atoms with Crippen LogP contribution in [0.5, 0.6) is 0 Å². The van der Waals surface area contributed by atoms with Crippen molar-refractivity contribution < 1.29 is 0 Å². The Morgan fingerprint density at radius 1 is 1.20 bits per heavy atom. The molecule has 0 fully saturated rings. The second-order valence-electron chi connectivity index (χ2n) is 3.31. The Morgan fingerprint density at radius 2 is 1.93 bits per heavy atom. The molecule has 0 aromatic carbocycles. The molecular weight excluding hydrogens is 188 g/mol. The van der Waals surface area contributed by atoms with Gasteiger partial charge in [-0.3, -0.25) is 4.98 Å². The van der Waals surface area contributed by atoms with Gasteiger partial charge in [0.15, 0.2) is 5.82 Å². The van der Waals surface area contributed by atoms with Gasteiger partial charge in [0.05, 0.1) is 0 Å². The first-order valence-electron chi connectivity index (χ1n) is 4.73. The Hall–Kier alpha value is -1.81. The highest BCUT2D eigenvalue weighted by Crippen LogP contribution is 2.17. The molecule has 2 aromatic heterocycles. The molecule has 0 spiro atoms. The summed E-state index contributed by atoms with van der Waals surface area (Å²) in [5.41, 5.74) is 8.49. The first-order chi connectivity index (χ1) is 7.31. The molecule has 0 bridgehead atoms. The minimum atomic E-state index is 0.468. The fourth-order valence-corrected chi connectivity index (χ4v) is 1.32. The number of nitrogens with zero attached hydrogens (tertiary/aromatic N) is 3. The molecule has 76 valence electrons. The van der Waals surface area contributed by atoms with E-state index in [0.717, 1.165) is 16.7 Å². The van der Waals surface area contributed by atoms with Crippen molar-refractivity contribution in [3.8, 4) is 11.4 Å². The SMILES string of the molecule is Cc1cnccc1-c1ncc(CN)cn1. The van der Waals surface area contributed by atoms with Crippen molar-refractivity contribution in [2.45, 2.75) is 13.5 Å². The molecule has 2 aromatic rings. The summed E-state index contributed by atoms with van der Waals surface area (Å²) in [4.78, 5) is 12.6. The van der Waals surface area contributed by atoms with Gasteiger partial charge in [-0.25, -0.2) is 9.97 Å². The van der Waals surface area contributed by atoms with Gasteiger partial charge in [-0.1, -0.05) is 0 Å². The highest BCUT2D eigenvalue weighted by Gasteiger charge is 2.03. The van der Waals surface area contributed by atoms with Gasteiger partial charge in [0.25, 0.3) is 0 Å². The largest absolute Gasteiger partial charge is 0.326 e. The lowest BCUT2D eigenvalue weighted by Gasteiger charge is -2.03. The number of nitrogens with two attached hydrogens (primary N) is 1. The van der Waals surface area contributed by atoms with Crippen LogP contribution in [0.1, 0.15) is 11.1 Å². The average molecular weight is 200 g/mol. The van der Waals surface area contributed by atoms with Gasteiger partial charge in [-0.15, -0.1) is 0 Å². The lowest BCUT2D eigenvalue weighted by Crippen LogP contribution is -1.99. The fourth-order valence-electron chi connectivity index (χ4n) is 1.32.